The highest BCUT2D eigenvalue weighted by molar-refractivity contribution is 5.31. The molecule has 4 heteroatoms. The molecule has 0 unspecified atom stereocenters. The highest BCUT2D eigenvalue weighted by Crippen LogP contribution is 2.22. The standard InChI is InChI=1S/C19H27N3O/c1-3-22-15-20-11-18(22)13-21-10-6-8-17(12-21)14-23-19-9-5-4-7-16(19)2/h4-5,7,9,11,15,17H,3,6,8,10,12-14H2,1-2H3/t17-/m1/s1. The molecule has 0 bridgehead atoms. The van der Waals surface area contributed by atoms with Gasteiger partial charge in [0.25, 0.3) is 0 Å². The first-order valence-corrected chi connectivity index (χ1v) is 8.66. The van der Waals surface area contributed by atoms with Crippen LogP contribution < -0.4 is 4.74 Å². The number of benzene rings is 1. The van der Waals surface area contributed by atoms with Crippen LogP contribution in [0.15, 0.2) is 36.8 Å². The molecule has 1 saturated heterocycles. The van der Waals surface area contributed by atoms with E-state index in [0.717, 1.165) is 32.0 Å². The Morgan fingerprint density at radius 3 is 3.00 bits per heavy atom. The molecule has 3 rings (SSSR count). The van der Waals surface area contributed by atoms with E-state index >= 15 is 0 Å². The number of aromatic nitrogens is 2. The Balaban J connectivity index is 1.53. The molecule has 1 aliphatic rings. The summed E-state index contributed by atoms with van der Waals surface area (Å²) in [7, 11) is 0. The summed E-state index contributed by atoms with van der Waals surface area (Å²) in [4.78, 5) is 6.82. The van der Waals surface area contributed by atoms with Crippen molar-refractivity contribution >= 4 is 0 Å². The van der Waals surface area contributed by atoms with Gasteiger partial charge in [-0.05, 0) is 44.9 Å². The molecule has 1 aliphatic heterocycles. The SMILES string of the molecule is CCn1cncc1CN1CCC[C@@H](COc2ccccc2C)C1. The molecule has 4 nitrogen and oxygen atoms in total. The van der Waals surface area contributed by atoms with Gasteiger partial charge in [-0.3, -0.25) is 4.90 Å². The van der Waals surface area contributed by atoms with Gasteiger partial charge in [0.1, 0.15) is 5.75 Å². The number of hydrogen-bond acceptors (Lipinski definition) is 3. The third-order valence-electron chi connectivity index (χ3n) is 4.70. The van der Waals surface area contributed by atoms with E-state index in [2.05, 4.69) is 46.5 Å². The minimum atomic E-state index is 0.612. The Hall–Kier alpha value is -1.81. The van der Waals surface area contributed by atoms with Crippen LogP contribution >= 0.6 is 0 Å². The maximum Gasteiger partial charge on any atom is 0.122 e. The zero-order chi connectivity index (χ0) is 16.1. The minimum Gasteiger partial charge on any atom is -0.493 e. The van der Waals surface area contributed by atoms with Crippen molar-refractivity contribution in [2.24, 2.45) is 5.92 Å². The fraction of sp³-hybridized carbons (Fsp3) is 0.526. The lowest BCUT2D eigenvalue weighted by Crippen LogP contribution is -2.37. The molecule has 0 saturated carbocycles. The lowest BCUT2D eigenvalue weighted by atomic mass is 9.99. The van der Waals surface area contributed by atoms with Crippen molar-refractivity contribution in [2.75, 3.05) is 19.7 Å². The number of imidazole rings is 1. The second-order valence-corrected chi connectivity index (χ2v) is 6.49. The molecule has 1 aromatic carbocycles. The van der Waals surface area contributed by atoms with Crippen molar-refractivity contribution in [3.05, 3.63) is 48.0 Å². The van der Waals surface area contributed by atoms with E-state index in [1.807, 2.05) is 18.6 Å². The van der Waals surface area contributed by atoms with Crippen molar-refractivity contribution in [1.29, 1.82) is 0 Å². The van der Waals surface area contributed by atoms with Crippen LogP contribution in [0.5, 0.6) is 5.75 Å². The molecule has 0 amide bonds. The summed E-state index contributed by atoms with van der Waals surface area (Å²) in [5.41, 5.74) is 2.53. The minimum absolute atomic E-state index is 0.612. The summed E-state index contributed by atoms with van der Waals surface area (Å²) in [6.07, 6.45) is 6.44. The Morgan fingerprint density at radius 1 is 1.30 bits per heavy atom. The lowest BCUT2D eigenvalue weighted by molar-refractivity contribution is 0.123. The number of likely N-dealkylation sites (tertiary alicyclic amines) is 1. The number of nitrogens with zero attached hydrogens (tertiary/aromatic N) is 3. The molecular formula is C19H27N3O. The fourth-order valence-corrected chi connectivity index (χ4v) is 3.35. The first kappa shape index (κ1) is 16.1. The summed E-state index contributed by atoms with van der Waals surface area (Å²) in [6.45, 7) is 9.36. The molecule has 0 spiro atoms. The van der Waals surface area contributed by atoms with E-state index in [1.54, 1.807) is 0 Å². The van der Waals surface area contributed by atoms with Crippen LogP contribution in [0.1, 0.15) is 31.0 Å². The van der Waals surface area contributed by atoms with E-state index in [9.17, 15) is 0 Å². The second-order valence-electron chi connectivity index (χ2n) is 6.49. The fourth-order valence-electron chi connectivity index (χ4n) is 3.35. The summed E-state index contributed by atoms with van der Waals surface area (Å²) in [5, 5.41) is 0. The zero-order valence-electron chi connectivity index (χ0n) is 14.2. The molecule has 124 valence electrons. The maximum atomic E-state index is 6.06. The average molecular weight is 313 g/mol. The summed E-state index contributed by atoms with van der Waals surface area (Å²) >= 11 is 0. The van der Waals surface area contributed by atoms with Gasteiger partial charge in [0.15, 0.2) is 0 Å². The number of para-hydroxylation sites is 1. The molecule has 2 aromatic rings. The van der Waals surface area contributed by atoms with Gasteiger partial charge in [-0.25, -0.2) is 4.98 Å². The molecule has 0 aliphatic carbocycles. The Bertz CT molecular complexity index is 623. The Morgan fingerprint density at radius 2 is 2.17 bits per heavy atom. The van der Waals surface area contributed by atoms with Crippen molar-refractivity contribution in [1.82, 2.24) is 14.5 Å². The van der Waals surface area contributed by atoms with Crippen LogP contribution in [0.25, 0.3) is 0 Å². The number of rotatable bonds is 6. The topological polar surface area (TPSA) is 30.3 Å². The van der Waals surface area contributed by atoms with Crippen molar-refractivity contribution in [3.8, 4) is 5.75 Å². The van der Waals surface area contributed by atoms with E-state index in [4.69, 9.17) is 4.74 Å². The molecule has 0 N–H and O–H groups in total. The van der Waals surface area contributed by atoms with Crippen LogP contribution in [0.4, 0.5) is 0 Å². The maximum absolute atomic E-state index is 6.06. The molecule has 23 heavy (non-hydrogen) atoms. The van der Waals surface area contributed by atoms with Crippen molar-refractivity contribution in [3.63, 3.8) is 0 Å². The van der Waals surface area contributed by atoms with E-state index in [0.29, 0.717) is 5.92 Å². The van der Waals surface area contributed by atoms with Gasteiger partial charge >= 0.3 is 0 Å². The van der Waals surface area contributed by atoms with E-state index in [-0.39, 0.29) is 0 Å². The van der Waals surface area contributed by atoms with Crippen LogP contribution in [-0.2, 0) is 13.1 Å². The van der Waals surface area contributed by atoms with Gasteiger partial charge in [-0.2, -0.15) is 0 Å². The van der Waals surface area contributed by atoms with E-state index < -0.39 is 0 Å². The molecule has 1 aromatic heterocycles. The Kier molecular flexibility index (Phi) is 5.34. The molecule has 1 fully saturated rings. The number of piperidine rings is 1. The smallest absolute Gasteiger partial charge is 0.122 e. The highest BCUT2D eigenvalue weighted by atomic mass is 16.5. The van der Waals surface area contributed by atoms with Crippen molar-refractivity contribution < 1.29 is 4.74 Å². The van der Waals surface area contributed by atoms with Crippen LogP contribution in [-0.4, -0.2) is 34.1 Å². The van der Waals surface area contributed by atoms with Gasteiger partial charge in [0.05, 0.1) is 18.6 Å². The molecule has 1 atom stereocenters. The quantitative estimate of drug-likeness (QED) is 0.817. The number of ether oxygens (including phenoxy) is 1. The van der Waals surface area contributed by atoms with Crippen LogP contribution in [0.2, 0.25) is 0 Å². The zero-order valence-corrected chi connectivity index (χ0v) is 14.2. The predicted molar refractivity (Wildman–Crippen MR) is 92.6 cm³/mol. The summed E-state index contributed by atoms with van der Waals surface area (Å²) in [5.74, 6) is 1.63. The number of hydrogen-bond donors (Lipinski definition) is 0. The normalized spacial score (nSPS) is 19.0. The first-order valence-electron chi connectivity index (χ1n) is 8.66. The van der Waals surface area contributed by atoms with Crippen molar-refractivity contribution in [2.45, 2.75) is 39.8 Å². The average Bonchev–Trinajstić information content (AvgIpc) is 3.02. The summed E-state index contributed by atoms with van der Waals surface area (Å²) in [6, 6.07) is 8.27. The van der Waals surface area contributed by atoms with Gasteiger partial charge in [-0.15, -0.1) is 0 Å². The molecular weight excluding hydrogens is 286 g/mol. The lowest BCUT2D eigenvalue weighted by Gasteiger charge is -2.32. The van der Waals surface area contributed by atoms with Crippen LogP contribution in [0, 0.1) is 12.8 Å². The van der Waals surface area contributed by atoms with Crippen LogP contribution in [0.3, 0.4) is 0 Å². The first-order chi connectivity index (χ1) is 11.3. The van der Waals surface area contributed by atoms with Gasteiger partial charge in [0.2, 0.25) is 0 Å². The molecule has 0 radical (unpaired) electrons. The van der Waals surface area contributed by atoms with Gasteiger partial charge < -0.3 is 9.30 Å². The summed E-state index contributed by atoms with van der Waals surface area (Å²) < 4.78 is 8.29. The largest absolute Gasteiger partial charge is 0.493 e. The van der Waals surface area contributed by atoms with Gasteiger partial charge in [0, 0.05) is 31.7 Å². The monoisotopic (exact) mass is 313 g/mol. The third-order valence-corrected chi connectivity index (χ3v) is 4.70. The third kappa shape index (κ3) is 4.14. The molecule has 2 heterocycles. The van der Waals surface area contributed by atoms with Gasteiger partial charge in [-0.1, -0.05) is 18.2 Å². The number of aryl methyl sites for hydroxylation is 2. The second kappa shape index (κ2) is 7.64. The predicted octanol–water partition coefficient (Wildman–Crippen LogP) is 3.50. The Labute approximate surface area is 139 Å². The van der Waals surface area contributed by atoms with E-state index in [1.165, 1.54) is 30.6 Å². The highest BCUT2D eigenvalue weighted by Gasteiger charge is 2.21.